The molecule has 0 aromatic carbocycles. The van der Waals surface area contributed by atoms with Crippen molar-refractivity contribution in [1.82, 2.24) is 14.9 Å². The lowest BCUT2D eigenvalue weighted by atomic mass is 9.98. The van der Waals surface area contributed by atoms with Gasteiger partial charge in [0.25, 0.3) is 0 Å². The second-order valence-corrected chi connectivity index (χ2v) is 7.00. The van der Waals surface area contributed by atoms with Crippen LogP contribution in [0.15, 0.2) is 0 Å². The molecule has 0 bridgehead atoms. The SMILES string of the molecule is CCc1c(C)nc(C)nc1N1CCC(N2CCC(O)CC2)CC1. The summed E-state index contributed by atoms with van der Waals surface area (Å²) >= 11 is 0. The molecule has 0 saturated carbocycles. The van der Waals surface area contributed by atoms with Crippen LogP contribution in [-0.2, 0) is 6.42 Å². The van der Waals surface area contributed by atoms with Gasteiger partial charge in [-0.3, -0.25) is 0 Å². The van der Waals surface area contributed by atoms with E-state index in [4.69, 9.17) is 4.98 Å². The third-order valence-corrected chi connectivity index (χ3v) is 5.44. The quantitative estimate of drug-likeness (QED) is 0.925. The molecule has 128 valence electrons. The van der Waals surface area contributed by atoms with Crippen molar-refractivity contribution in [3.05, 3.63) is 17.1 Å². The van der Waals surface area contributed by atoms with Gasteiger partial charge >= 0.3 is 0 Å². The molecule has 0 atom stereocenters. The minimum absolute atomic E-state index is 0.0783. The minimum Gasteiger partial charge on any atom is -0.393 e. The number of aromatic nitrogens is 2. The van der Waals surface area contributed by atoms with E-state index in [2.05, 4.69) is 28.6 Å². The molecule has 0 unspecified atom stereocenters. The highest BCUT2D eigenvalue weighted by Crippen LogP contribution is 2.27. The molecule has 1 N–H and O–H groups in total. The van der Waals surface area contributed by atoms with Crippen LogP contribution in [0.2, 0.25) is 0 Å². The van der Waals surface area contributed by atoms with Crippen LogP contribution in [0.4, 0.5) is 5.82 Å². The van der Waals surface area contributed by atoms with Crippen molar-refractivity contribution in [3.8, 4) is 0 Å². The van der Waals surface area contributed by atoms with E-state index in [1.54, 1.807) is 0 Å². The normalized spacial score (nSPS) is 21.8. The maximum absolute atomic E-state index is 9.68. The second-order valence-electron chi connectivity index (χ2n) is 7.00. The lowest BCUT2D eigenvalue weighted by Crippen LogP contribution is -2.48. The van der Waals surface area contributed by atoms with E-state index in [0.29, 0.717) is 6.04 Å². The van der Waals surface area contributed by atoms with Crippen molar-refractivity contribution in [2.75, 3.05) is 31.1 Å². The fourth-order valence-electron chi connectivity index (χ4n) is 4.09. The summed E-state index contributed by atoms with van der Waals surface area (Å²) in [6, 6.07) is 0.674. The molecule has 2 saturated heterocycles. The lowest BCUT2D eigenvalue weighted by molar-refractivity contribution is 0.0541. The number of rotatable bonds is 3. The number of piperidine rings is 2. The molecular weight excluding hydrogens is 288 g/mol. The Bertz CT molecular complexity index is 532. The van der Waals surface area contributed by atoms with Crippen LogP contribution in [0.25, 0.3) is 0 Å². The summed E-state index contributed by atoms with van der Waals surface area (Å²) in [6.45, 7) is 10.5. The average Bonchev–Trinajstić information content (AvgIpc) is 2.55. The summed E-state index contributed by atoms with van der Waals surface area (Å²) in [4.78, 5) is 14.3. The Morgan fingerprint density at radius 2 is 1.65 bits per heavy atom. The number of aryl methyl sites for hydroxylation is 2. The Morgan fingerprint density at radius 3 is 2.26 bits per heavy atom. The standard InChI is InChI=1S/C18H30N4O/c1-4-17-13(2)19-14(3)20-18(17)22-9-5-15(6-10-22)21-11-7-16(23)8-12-21/h15-16,23H,4-12H2,1-3H3. The number of hydrogen-bond acceptors (Lipinski definition) is 5. The van der Waals surface area contributed by atoms with Crippen LogP contribution in [0, 0.1) is 13.8 Å². The Hall–Kier alpha value is -1.20. The van der Waals surface area contributed by atoms with E-state index in [1.807, 2.05) is 6.92 Å². The summed E-state index contributed by atoms with van der Waals surface area (Å²) in [5.41, 5.74) is 2.43. The zero-order chi connectivity index (χ0) is 16.4. The van der Waals surface area contributed by atoms with Gasteiger partial charge < -0.3 is 14.9 Å². The van der Waals surface area contributed by atoms with Gasteiger partial charge in [-0.15, -0.1) is 0 Å². The summed E-state index contributed by atoms with van der Waals surface area (Å²) in [6.07, 6.45) is 5.17. The van der Waals surface area contributed by atoms with Crippen LogP contribution in [-0.4, -0.2) is 58.3 Å². The Morgan fingerprint density at radius 1 is 1.00 bits per heavy atom. The molecular formula is C18H30N4O. The molecule has 0 spiro atoms. The average molecular weight is 318 g/mol. The van der Waals surface area contributed by atoms with Gasteiger partial charge in [-0.25, -0.2) is 9.97 Å². The topological polar surface area (TPSA) is 52.5 Å². The van der Waals surface area contributed by atoms with E-state index in [-0.39, 0.29) is 6.10 Å². The molecule has 3 heterocycles. The van der Waals surface area contributed by atoms with Crippen LogP contribution < -0.4 is 4.90 Å². The van der Waals surface area contributed by atoms with E-state index >= 15 is 0 Å². The molecule has 1 aromatic rings. The monoisotopic (exact) mass is 318 g/mol. The smallest absolute Gasteiger partial charge is 0.135 e. The van der Waals surface area contributed by atoms with E-state index < -0.39 is 0 Å². The van der Waals surface area contributed by atoms with Crippen LogP contribution in [0.3, 0.4) is 0 Å². The maximum atomic E-state index is 9.68. The highest BCUT2D eigenvalue weighted by molar-refractivity contribution is 5.49. The predicted octanol–water partition coefficient (Wildman–Crippen LogP) is 2.08. The van der Waals surface area contributed by atoms with Gasteiger partial charge in [-0.1, -0.05) is 6.92 Å². The number of aliphatic hydroxyl groups excluding tert-OH is 1. The van der Waals surface area contributed by atoms with Gasteiger partial charge in [-0.2, -0.15) is 0 Å². The fraction of sp³-hybridized carbons (Fsp3) is 0.778. The van der Waals surface area contributed by atoms with Gasteiger partial charge in [0.05, 0.1) is 6.10 Å². The van der Waals surface area contributed by atoms with Gasteiger partial charge in [0.2, 0.25) is 0 Å². The molecule has 23 heavy (non-hydrogen) atoms. The fourth-order valence-corrected chi connectivity index (χ4v) is 4.09. The molecule has 5 nitrogen and oxygen atoms in total. The molecule has 3 rings (SSSR count). The first-order chi connectivity index (χ1) is 11.1. The van der Waals surface area contributed by atoms with Crippen molar-refractivity contribution < 1.29 is 5.11 Å². The van der Waals surface area contributed by atoms with E-state index in [9.17, 15) is 5.11 Å². The number of likely N-dealkylation sites (tertiary alicyclic amines) is 1. The third-order valence-electron chi connectivity index (χ3n) is 5.44. The highest BCUT2D eigenvalue weighted by Gasteiger charge is 2.28. The van der Waals surface area contributed by atoms with E-state index in [1.165, 1.54) is 18.4 Å². The summed E-state index contributed by atoms with van der Waals surface area (Å²) < 4.78 is 0. The largest absolute Gasteiger partial charge is 0.393 e. The molecule has 0 amide bonds. The third kappa shape index (κ3) is 3.66. The zero-order valence-electron chi connectivity index (χ0n) is 14.8. The first-order valence-electron chi connectivity index (χ1n) is 9.09. The van der Waals surface area contributed by atoms with Crippen LogP contribution in [0.5, 0.6) is 0 Å². The van der Waals surface area contributed by atoms with Gasteiger partial charge in [-0.05, 0) is 46.0 Å². The molecule has 1 aromatic heterocycles. The number of anilines is 1. The molecule has 0 aliphatic carbocycles. The summed E-state index contributed by atoms with van der Waals surface area (Å²) in [7, 11) is 0. The first-order valence-corrected chi connectivity index (χ1v) is 9.09. The molecule has 2 fully saturated rings. The summed E-state index contributed by atoms with van der Waals surface area (Å²) in [5.74, 6) is 2.03. The van der Waals surface area contributed by atoms with E-state index in [0.717, 1.165) is 62.8 Å². The minimum atomic E-state index is -0.0783. The zero-order valence-corrected chi connectivity index (χ0v) is 14.8. The van der Waals surface area contributed by atoms with Crippen molar-refractivity contribution >= 4 is 5.82 Å². The van der Waals surface area contributed by atoms with Crippen molar-refractivity contribution in [3.63, 3.8) is 0 Å². The highest BCUT2D eigenvalue weighted by atomic mass is 16.3. The van der Waals surface area contributed by atoms with Crippen molar-refractivity contribution in [2.24, 2.45) is 0 Å². The number of aliphatic hydroxyl groups is 1. The maximum Gasteiger partial charge on any atom is 0.135 e. The lowest BCUT2D eigenvalue weighted by Gasteiger charge is -2.41. The predicted molar refractivity (Wildman–Crippen MR) is 92.9 cm³/mol. The molecule has 2 aliphatic rings. The Labute approximate surface area is 139 Å². The van der Waals surface area contributed by atoms with Crippen molar-refractivity contribution in [1.29, 1.82) is 0 Å². The Balaban J connectivity index is 1.65. The molecule has 0 radical (unpaired) electrons. The second kappa shape index (κ2) is 7.14. The summed E-state index contributed by atoms with van der Waals surface area (Å²) in [5, 5.41) is 9.68. The number of hydrogen-bond donors (Lipinski definition) is 1. The van der Waals surface area contributed by atoms with Gasteiger partial charge in [0.1, 0.15) is 11.6 Å². The van der Waals surface area contributed by atoms with Crippen LogP contribution in [0.1, 0.15) is 49.7 Å². The van der Waals surface area contributed by atoms with Gasteiger partial charge in [0, 0.05) is 43.5 Å². The van der Waals surface area contributed by atoms with Crippen molar-refractivity contribution in [2.45, 2.75) is 65.0 Å². The molecule has 5 heteroatoms. The number of nitrogens with zero attached hydrogens (tertiary/aromatic N) is 4. The van der Waals surface area contributed by atoms with Crippen LogP contribution >= 0.6 is 0 Å². The molecule has 2 aliphatic heterocycles. The first kappa shape index (κ1) is 16.7. The van der Waals surface area contributed by atoms with Gasteiger partial charge in [0.15, 0.2) is 0 Å². The Kier molecular flexibility index (Phi) is 5.17.